The topological polar surface area (TPSA) is 96.9 Å². The van der Waals surface area contributed by atoms with Crippen molar-refractivity contribution in [2.45, 2.75) is 6.92 Å². The van der Waals surface area contributed by atoms with E-state index in [0.717, 1.165) is 5.56 Å². The van der Waals surface area contributed by atoms with Crippen LogP contribution >= 0.6 is 11.3 Å². The highest BCUT2D eigenvalue weighted by Gasteiger charge is 2.10. The molecule has 1 aromatic heterocycles. The fourth-order valence-electron chi connectivity index (χ4n) is 2.48. The Bertz CT molecular complexity index is 1060. The molecule has 1 heterocycles. The molecule has 0 unspecified atom stereocenters. The summed E-state index contributed by atoms with van der Waals surface area (Å²) >= 11 is 1.31. The van der Waals surface area contributed by atoms with E-state index in [1.165, 1.54) is 17.6 Å². The van der Waals surface area contributed by atoms with Gasteiger partial charge in [-0.05, 0) is 59.8 Å². The maximum absolute atomic E-state index is 12.1. The van der Waals surface area contributed by atoms with Crippen LogP contribution in [0.3, 0.4) is 0 Å². The van der Waals surface area contributed by atoms with Gasteiger partial charge in [0, 0.05) is 5.56 Å². The Morgan fingerprint density at radius 2 is 1.80 bits per heavy atom. The maximum atomic E-state index is 12.1. The molecule has 2 amide bonds. The van der Waals surface area contributed by atoms with E-state index in [2.05, 4.69) is 15.8 Å². The zero-order valence-corrected chi connectivity index (χ0v) is 16.9. The number of amides is 2. The lowest BCUT2D eigenvalue weighted by Gasteiger charge is -2.06. The summed E-state index contributed by atoms with van der Waals surface area (Å²) in [5, 5.41) is 8.22. The van der Waals surface area contributed by atoms with Crippen LogP contribution in [0.15, 0.2) is 71.1 Å². The number of rotatable bonds is 7. The summed E-state index contributed by atoms with van der Waals surface area (Å²) in [5.74, 6) is -0.769. The largest absolute Gasteiger partial charge is 0.422 e. The minimum atomic E-state index is -0.449. The first-order valence-electron chi connectivity index (χ1n) is 9.04. The molecule has 0 bridgehead atoms. The molecule has 152 valence electrons. The molecule has 7 nitrogen and oxygen atoms in total. The second-order valence-electron chi connectivity index (χ2n) is 6.23. The summed E-state index contributed by atoms with van der Waals surface area (Å²) in [6.07, 6.45) is 1.45. The van der Waals surface area contributed by atoms with Crippen LogP contribution in [0, 0.1) is 6.92 Å². The Labute approximate surface area is 177 Å². The summed E-state index contributed by atoms with van der Waals surface area (Å²) in [6.45, 7) is 1.63. The van der Waals surface area contributed by atoms with Gasteiger partial charge in [0.25, 0.3) is 11.8 Å². The highest BCUT2D eigenvalue weighted by Crippen LogP contribution is 2.16. The van der Waals surface area contributed by atoms with Crippen LogP contribution in [0.25, 0.3) is 0 Å². The summed E-state index contributed by atoms with van der Waals surface area (Å²) in [4.78, 5) is 36.4. The van der Waals surface area contributed by atoms with E-state index < -0.39 is 11.9 Å². The van der Waals surface area contributed by atoms with Crippen LogP contribution in [0.4, 0.5) is 0 Å². The van der Waals surface area contributed by atoms with Crippen molar-refractivity contribution >= 4 is 35.3 Å². The summed E-state index contributed by atoms with van der Waals surface area (Å²) in [6, 6.07) is 17.3. The quantitative estimate of drug-likeness (QED) is 0.265. The van der Waals surface area contributed by atoms with Crippen molar-refractivity contribution in [1.82, 2.24) is 10.7 Å². The number of benzene rings is 2. The summed E-state index contributed by atoms with van der Waals surface area (Å²) in [7, 11) is 0. The zero-order chi connectivity index (χ0) is 21.3. The van der Waals surface area contributed by atoms with Crippen LogP contribution in [0.2, 0.25) is 0 Å². The van der Waals surface area contributed by atoms with E-state index in [4.69, 9.17) is 4.74 Å². The van der Waals surface area contributed by atoms with Gasteiger partial charge in [0.15, 0.2) is 0 Å². The third kappa shape index (κ3) is 5.86. The number of nitrogens with one attached hydrogen (secondary N) is 2. The number of nitrogens with zero attached hydrogens (tertiary/aromatic N) is 1. The van der Waals surface area contributed by atoms with Crippen molar-refractivity contribution < 1.29 is 19.1 Å². The fourth-order valence-corrected chi connectivity index (χ4v) is 3.07. The number of hydrogen-bond acceptors (Lipinski definition) is 6. The average molecular weight is 421 g/mol. The molecule has 3 rings (SSSR count). The standard InChI is InChI=1S/C22H19N3O4S/c1-15-5-2-3-6-18(15)21(27)23-14-20(26)25-24-13-16-8-10-17(11-9-16)29-22(28)19-7-4-12-30-19/h2-13H,14H2,1H3,(H,23,27)(H,25,26). The number of thiophene rings is 1. The third-order valence-corrected chi connectivity index (χ3v) is 4.86. The zero-order valence-electron chi connectivity index (χ0n) is 16.1. The van der Waals surface area contributed by atoms with Gasteiger partial charge in [0.2, 0.25) is 0 Å². The molecular weight excluding hydrogens is 402 g/mol. The molecule has 3 aromatic rings. The Balaban J connectivity index is 1.44. The lowest BCUT2D eigenvalue weighted by atomic mass is 10.1. The second-order valence-corrected chi connectivity index (χ2v) is 7.17. The molecule has 0 saturated carbocycles. The van der Waals surface area contributed by atoms with Crippen molar-refractivity contribution in [3.63, 3.8) is 0 Å². The molecule has 0 aliphatic heterocycles. The molecule has 30 heavy (non-hydrogen) atoms. The lowest BCUT2D eigenvalue weighted by molar-refractivity contribution is -0.120. The molecular formula is C22H19N3O4S. The molecule has 0 aliphatic rings. The van der Waals surface area contributed by atoms with Gasteiger partial charge in [-0.3, -0.25) is 9.59 Å². The molecule has 0 fully saturated rings. The first-order chi connectivity index (χ1) is 14.5. The summed E-state index contributed by atoms with van der Waals surface area (Å²) in [5.41, 5.74) is 4.41. The van der Waals surface area contributed by atoms with Crippen LogP contribution in [-0.4, -0.2) is 30.5 Å². The predicted molar refractivity (Wildman–Crippen MR) is 115 cm³/mol. The molecule has 0 atom stereocenters. The van der Waals surface area contributed by atoms with Crippen molar-refractivity contribution in [3.05, 3.63) is 87.6 Å². The third-order valence-electron chi connectivity index (χ3n) is 4.02. The lowest BCUT2D eigenvalue weighted by Crippen LogP contribution is -2.35. The van der Waals surface area contributed by atoms with E-state index in [1.54, 1.807) is 53.9 Å². The Kier molecular flexibility index (Phi) is 7.07. The molecule has 0 radical (unpaired) electrons. The van der Waals surface area contributed by atoms with Gasteiger partial charge in [-0.25, -0.2) is 10.2 Å². The number of hydrogen-bond donors (Lipinski definition) is 2. The van der Waals surface area contributed by atoms with E-state index in [0.29, 0.717) is 21.8 Å². The average Bonchev–Trinajstić information content (AvgIpc) is 3.29. The minimum Gasteiger partial charge on any atom is -0.422 e. The van der Waals surface area contributed by atoms with E-state index in [1.807, 2.05) is 19.1 Å². The maximum Gasteiger partial charge on any atom is 0.353 e. The van der Waals surface area contributed by atoms with Gasteiger partial charge < -0.3 is 10.1 Å². The van der Waals surface area contributed by atoms with E-state index >= 15 is 0 Å². The summed E-state index contributed by atoms with van der Waals surface area (Å²) < 4.78 is 5.27. The highest BCUT2D eigenvalue weighted by atomic mass is 32.1. The Morgan fingerprint density at radius 1 is 1.03 bits per heavy atom. The number of esters is 1. The first kappa shape index (κ1) is 20.9. The number of aryl methyl sites for hydroxylation is 1. The van der Waals surface area contributed by atoms with E-state index in [9.17, 15) is 14.4 Å². The van der Waals surface area contributed by atoms with Gasteiger partial charge in [-0.15, -0.1) is 11.3 Å². The van der Waals surface area contributed by atoms with Crippen LogP contribution in [0.5, 0.6) is 5.75 Å². The molecule has 0 aliphatic carbocycles. The number of carbonyl (C=O) groups is 3. The highest BCUT2D eigenvalue weighted by molar-refractivity contribution is 7.12. The van der Waals surface area contributed by atoms with Crippen molar-refractivity contribution in [3.8, 4) is 5.75 Å². The number of hydrazone groups is 1. The van der Waals surface area contributed by atoms with Gasteiger partial charge in [0.05, 0.1) is 12.8 Å². The first-order valence-corrected chi connectivity index (χ1v) is 9.92. The molecule has 0 saturated heterocycles. The Hall–Kier alpha value is -3.78. The fraction of sp³-hybridized carbons (Fsp3) is 0.0909. The number of carbonyl (C=O) groups excluding carboxylic acids is 3. The second kappa shape index (κ2) is 10.1. The normalized spacial score (nSPS) is 10.6. The van der Waals surface area contributed by atoms with Gasteiger partial charge >= 0.3 is 5.97 Å². The van der Waals surface area contributed by atoms with Gasteiger partial charge in [-0.2, -0.15) is 5.10 Å². The van der Waals surface area contributed by atoms with Gasteiger partial charge in [-0.1, -0.05) is 24.3 Å². The van der Waals surface area contributed by atoms with E-state index in [-0.39, 0.29) is 12.5 Å². The smallest absolute Gasteiger partial charge is 0.353 e. The Morgan fingerprint density at radius 3 is 2.50 bits per heavy atom. The monoisotopic (exact) mass is 421 g/mol. The van der Waals surface area contributed by atoms with Crippen LogP contribution < -0.4 is 15.5 Å². The van der Waals surface area contributed by atoms with Crippen molar-refractivity contribution in [2.24, 2.45) is 5.10 Å². The minimum absolute atomic E-state index is 0.192. The van der Waals surface area contributed by atoms with Gasteiger partial charge in [0.1, 0.15) is 10.6 Å². The molecule has 8 heteroatoms. The molecule has 2 N–H and O–H groups in total. The SMILES string of the molecule is Cc1ccccc1C(=O)NCC(=O)NN=Cc1ccc(OC(=O)c2cccs2)cc1. The number of ether oxygens (including phenoxy) is 1. The van der Waals surface area contributed by atoms with Crippen molar-refractivity contribution in [1.29, 1.82) is 0 Å². The molecule has 0 spiro atoms. The molecule has 2 aromatic carbocycles. The van der Waals surface area contributed by atoms with Crippen molar-refractivity contribution in [2.75, 3.05) is 6.54 Å². The predicted octanol–water partition coefficient (Wildman–Crippen LogP) is 3.16. The van der Waals surface area contributed by atoms with Crippen LogP contribution in [-0.2, 0) is 4.79 Å². The van der Waals surface area contributed by atoms with Crippen LogP contribution in [0.1, 0.15) is 31.2 Å².